The van der Waals surface area contributed by atoms with Crippen LogP contribution in [0.3, 0.4) is 0 Å². The number of rotatable bonds is 6. The molecular formula is C8H16O4S2. The zero-order valence-electron chi connectivity index (χ0n) is 8.65. The molecule has 0 saturated heterocycles. The minimum absolute atomic E-state index is 0.0230. The molecule has 0 aliphatic rings. The van der Waals surface area contributed by atoms with E-state index in [2.05, 4.69) is 0 Å². The second-order valence-electron chi connectivity index (χ2n) is 3.43. The fraction of sp³-hybridized carbons (Fsp3) is 0.875. The first kappa shape index (κ1) is 13.8. The molecule has 0 saturated carbocycles. The number of hydrogen-bond acceptors (Lipinski definition) is 4. The van der Waals surface area contributed by atoms with Gasteiger partial charge in [0.25, 0.3) is 0 Å². The van der Waals surface area contributed by atoms with Crippen molar-refractivity contribution < 1.29 is 17.4 Å². The minimum Gasteiger partial charge on any atom is -0.300 e. The van der Waals surface area contributed by atoms with Crippen molar-refractivity contribution in [3.8, 4) is 0 Å². The molecule has 0 spiro atoms. The first-order valence-electron chi connectivity index (χ1n) is 4.26. The smallest absolute Gasteiger partial charge is 0.148 e. The maximum absolute atomic E-state index is 11.4. The van der Waals surface area contributed by atoms with Crippen molar-refractivity contribution in [3.05, 3.63) is 0 Å². The van der Waals surface area contributed by atoms with Crippen molar-refractivity contribution in [1.29, 1.82) is 0 Å². The van der Waals surface area contributed by atoms with Crippen molar-refractivity contribution in [2.75, 3.05) is 17.8 Å². The van der Waals surface area contributed by atoms with Crippen LogP contribution in [0, 0.1) is 0 Å². The summed E-state index contributed by atoms with van der Waals surface area (Å²) >= 11 is 0. The highest BCUT2D eigenvalue weighted by molar-refractivity contribution is 7.92. The molecule has 0 fully saturated rings. The second-order valence-corrected chi connectivity index (χ2v) is 7.67. The molecule has 0 radical (unpaired) electrons. The predicted octanol–water partition coefficient (Wildman–Crippen LogP) is 0.147. The summed E-state index contributed by atoms with van der Waals surface area (Å²) in [6.07, 6.45) is 1.36. The molecular weight excluding hydrogens is 224 g/mol. The lowest BCUT2D eigenvalue weighted by atomic mass is 10.2. The van der Waals surface area contributed by atoms with Crippen LogP contribution >= 0.6 is 0 Å². The van der Waals surface area contributed by atoms with Crippen molar-refractivity contribution >= 4 is 26.4 Å². The highest BCUT2D eigenvalue weighted by Gasteiger charge is 2.15. The van der Waals surface area contributed by atoms with E-state index in [1.165, 1.54) is 6.92 Å². The molecule has 0 amide bonds. The molecule has 2 atom stereocenters. The van der Waals surface area contributed by atoms with Gasteiger partial charge in [-0.15, -0.1) is 0 Å². The van der Waals surface area contributed by atoms with Crippen molar-refractivity contribution in [2.45, 2.75) is 25.5 Å². The van der Waals surface area contributed by atoms with E-state index in [-0.39, 0.29) is 29.0 Å². The Labute approximate surface area is 87.5 Å². The Hall–Kier alpha value is -0.230. The molecule has 0 aromatic rings. The molecule has 0 aliphatic heterocycles. The highest BCUT2D eigenvalue weighted by atomic mass is 32.2. The van der Waals surface area contributed by atoms with E-state index < -0.39 is 20.6 Å². The Morgan fingerprint density at radius 2 is 1.93 bits per heavy atom. The average Bonchev–Trinajstić information content (AvgIpc) is 1.97. The summed E-state index contributed by atoms with van der Waals surface area (Å²) in [6.45, 7) is 3.13. The van der Waals surface area contributed by atoms with Gasteiger partial charge in [0.1, 0.15) is 15.6 Å². The average molecular weight is 240 g/mol. The van der Waals surface area contributed by atoms with Crippen LogP contribution in [-0.2, 0) is 25.4 Å². The molecule has 14 heavy (non-hydrogen) atoms. The van der Waals surface area contributed by atoms with Gasteiger partial charge in [0.15, 0.2) is 0 Å². The predicted molar refractivity (Wildman–Crippen MR) is 57.5 cm³/mol. The van der Waals surface area contributed by atoms with Crippen LogP contribution in [0.1, 0.15) is 20.3 Å². The van der Waals surface area contributed by atoms with Gasteiger partial charge in [-0.3, -0.25) is 9.00 Å². The van der Waals surface area contributed by atoms with Gasteiger partial charge in [-0.2, -0.15) is 0 Å². The SMILES string of the molecule is CC(=O)CC(C)S(=O)CCS(C)(=O)=O. The zero-order valence-corrected chi connectivity index (χ0v) is 10.3. The summed E-state index contributed by atoms with van der Waals surface area (Å²) in [5, 5.41) is -0.255. The summed E-state index contributed by atoms with van der Waals surface area (Å²) in [5.41, 5.74) is 0. The van der Waals surface area contributed by atoms with Crippen molar-refractivity contribution in [1.82, 2.24) is 0 Å². The highest BCUT2D eigenvalue weighted by Crippen LogP contribution is 2.03. The van der Waals surface area contributed by atoms with Gasteiger partial charge < -0.3 is 0 Å². The van der Waals surface area contributed by atoms with E-state index in [0.717, 1.165) is 6.26 Å². The van der Waals surface area contributed by atoms with E-state index in [0.29, 0.717) is 0 Å². The van der Waals surface area contributed by atoms with Crippen LogP contribution < -0.4 is 0 Å². The number of carbonyl (C=O) groups excluding carboxylic acids is 1. The molecule has 0 aliphatic carbocycles. The van der Waals surface area contributed by atoms with Gasteiger partial charge in [-0.25, -0.2) is 8.42 Å². The van der Waals surface area contributed by atoms with Gasteiger partial charge >= 0.3 is 0 Å². The first-order chi connectivity index (χ1) is 6.22. The third kappa shape index (κ3) is 7.20. The number of Topliss-reactive ketones (excluding diaryl/α,β-unsaturated/α-hetero) is 1. The number of hydrogen-bond donors (Lipinski definition) is 0. The molecule has 4 nitrogen and oxygen atoms in total. The number of sulfone groups is 1. The summed E-state index contributed by atoms with van der Waals surface area (Å²) < 4.78 is 33.0. The summed E-state index contributed by atoms with van der Waals surface area (Å²) in [5.74, 6) is 0.0139. The molecule has 0 rings (SSSR count). The Morgan fingerprint density at radius 3 is 2.29 bits per heavy atom. The van der Waals surface area contributed by atoms with E-state index in [4.69, 9.17) is 0 Å². The fourth-order valence-corrected chi connectivity index (χ4v) is 3.62. The van der Waals surface area contributed by atoms with E-state index >= 15 is 0 Å². The minimum atomic E-state index is -3.06. The maximum atomic E-state index is 11.4. The van der Waals surface area contributed by atoms with Crippen LogP contribution in [0.25, 0.3) is 0 Å². The van der Waals surface area contributed by atoms with Crippen LogP contribution in [-0.4, -0.2) is 41.4 Å². The van der Waals surface area contributed by atoms with Crippen molar-refractivity contribution in [3.63, 3.8) is 0 Å². The summed E-state index contributed by atoms with van der Waals surface area (Å²) in [7, 11) is -4.29. The van der Waals surface area contributed by atoms with E-state index in [1.54, 1.807) is 6.92 Å². The lowest BCUT2D eigenvalue weighted by Gasteiger charge is -2.08. The lowest BCUT2D eigenvalue weighted by molar-refractivity contribution is -0.116. The quantitative estimate of drug-likeness (QED) is 0.662. The van der Waals surface area contributed by atoms with Crippen LogP contribution in [0.2, 0.25) is 0 Å². The normalized spacial score (nSPS) is 16.2. The van der Waals surface area contributed by atoms with Gasteiger partial charge in [-0.1, -0.05) is 6.92 Å². The molecule has 0 N–H and O–H groups in total. The zero-order chi connectivity index (χ0) is 11.4. The first-order valence-corrected chi connectivity index (χ1v) is 7.71. The Morgan fingerprint density at radius 1 is 1.43 bits per heavy atom. The third-order valence-electron chi connectivity index (χ3n) is 1.68. The van der Waals surface area contributed by atoms with E-state index in [9.17, 15) is 17.4 Å². The van der Waals surface area contributed by atoms with Gasteiger partial charge in [0.05, 0.1) is 5.75 Å². The van der Waals surface area contributed by atoms with Gasteiger partial charge in [0.2, 0.25) is 0 Å². The standard InChI is InChI=1S/C8H16O4S2/c1-7(9)6-8(2)13(10)4-5-14(3,11)12/h8H,4-6H2,1-3H3. The molecule has 2 unspecified atom stereocenters. The second kappa shape index (κ2) is 5.60. The van der Waals surface area contributed by atoms with Crippen molar-refractivity contribution in [2.24, 2.45) is 0 Å². The van der Waals surface area contributed by atoms with Crippen LogP contribution in [0.15, 0.2) is 0 Å². The molecule has 84 valence electrons. The largest absolute Gasteiger partial charge is 0.300 e. The molecule has 0 aromatic heterocycles. The monoisotopic (exact) mass is 240 g/mol. The lowest BCUT2D eigenvalue weighted by Crippen LogP contribution is -2.21. The Bertz CT molecular complexity index is 318. The van der Waals surface area contributed by atoms with Gasteiger partial charge in [0, 0.05) is 34.5 Å². The van der Waals surface area contributed by atoms with E-state index in [1.807, 2.05) is 0 Å². The number of ketones is 1. The van der Waals surface area contributed by atoms with Crippen LogP contribution in [0.5, 0.6) is 0 Å². The Balaban J connectivity index is 4.03. The van der Waals surface area contributed by atoms with Gasteiger partial charge in [-0.05, 0) is 6.92 Å². The van der Waals surface area contributed by atoms with Crippen LogP contribution in [0.4, 0.5) is 0 Å². The third-order valence-corrected chi connectivity index (χ3v) is 4.55. The summed E-state index contributed by atoms with van der Waals surface area (Å²) in [4.78, 5) is 10.7. The maximum Gasteiger partial charge on any atom is 0.148 e. The molecule has 0 aromatic carbocycles. The Kier molecular flexibility index (Phi) is 5.51. The fourth-order valence-electron chi connectivity index (χ4n) is 0.932. The molecule has 0 bridgehead atoms. The number of carbonyl (C=O) groups is 1. The topological polar surface area (TPSA) is 68.3 Å². The molecule has 0 heterocycles. The summed E-state index contributed by atoms with van der Waals surface area (Å²) in [6, 6.07) is 0. The molecule has 6 heteroatoms.